The van der Waals surface area contributed by atoms with E-state index < -0.39 is 14.9 Å². The zero-order valence-electron chi connectivity index (χ0n) is 19.5. The average molecular weight is 494 g/mol. The van der Waals surface area contributed by atoms with Crippen molar-refractivity contribution in [3.63, 3.8) is 0 Å². The number of anilines is 3. The minimum Gasteiger partial charge on any atom is -0.354 e. The molecule has 182 valence electrons. The van der Waals surface area contributed by atoms with Gasteiger partial charge in [0.05, 0.1) is 27.4 Å². The zero-order valence-corrected chi connectivity index (χ0v) is 20.4. The van der Waals surface area contributed by atoms with Crippen LogP contribution in [0.25, 0.3) is 21.8 Å². The Morgan fingerprint density at radius 2 is 1.66 bits per heavy atom. The number of fused-ring (bicyclic) bond motifs is 2. The highest BCUT2D eigenvalue weighted by Crippen LogP contribution is 2.36. The Bertz CT molecular complexity index is 1520. The van der Waals surface area contributed by atoms with Gasteiger partial charge in [-0.15, -0.1) is 0 Å². The molecular weight excluding hydrogens is 466 g/mol. The van der Waals surface area contributed by atoms with Crippen LogP contribution in [-0.2, 0) is 10.0 Å². The Morgan fingerprint density at radius 3 is 2.34 bits per heavy atom. The molecule has 0 aliphatic rings. The molecule has 0 aliphatic carbocycles. The number of unbranched alkanes of at least 4 members (excludes halogenated alkanes) is 1. The summed E-state index contributed by atoms with van der Waals surface area (Å²) in [5.74, 6) is 0.0180. The summed E-state index contributed by atoms with van der Waals surface area (Å²) in [6.45, 7) is 4.43. The maximum absolute atomic E-state index is 12.3. The lowest BCUT2D eigenvalue weighted by Gasteiger charge is -2.16. The maximum atomic E-state index is 12.3. The van der Waals surface area contributed by atoms with Gasteiger partial charge in [-0.05, 0) is 74.7 Å². The lowest BCUT2D eigenvalue weighted by atomic mass is 10.0. The van der Waals surface area contributed by atoms with Crippen molar-refractivity contribution in [3.8, 4) is 0 Å². The van der Waals surface area contributed by atoms with Crippen LogP contribution in [0, 0.1) is 24.0 Å². The summed E-state index contributed by atoms with van der Waals surface area (Å²) in [6, 6.07) is 15.6. The van der Waals surface area contributed by atoms with E-state index in [0.29, 0.717) is 30.6 Å². The SMILES string of the molecule is Cc1ccc2c(Nc3ccc(NS(=O)(=O)CCCCN)cc3)c3ccc([N+](=O)[O-])cc3nc2c1C. The molecule has 0 saturated carbocycles. The molecule has 0 spiro atoms. The quantitative estimate of drug-likeness (QED) is 0.127. The number of nitrogens with two attached hydrogens (primary N) is 1. The molecule has 0 saturated heterocycles. The number of pyridine rings is 1. The smallest absolute Gasteiger partial charge is 0.271 e. The summed E-state index contributed by atoms with van der Waals surface area (Å²) in [5.41, 5.74) is 10.8. The molecule has 0 amide bonds. The number of non-ortho nitro benzene ring substituents is 1. The van der Waals surface area contributed by atoms with Crippen molar-refractivity contribution < 1.29 is 13.3 Å². The number of aromatic nitrogens is 1. The molecule has 4 aromatic rings. The van der Waals surface area contributed by atoms with Gasteiger partial charge in [-0.2, -0.15) is 0 Å². The van der Waals surface area contributed by atoms with Crippen molar-refractivity contribution in [1.29, 1.82) is 0 Å². The van der Waals surface area contributed by atoms with E-state index in [1.54, 1.807) is 30.3 Å². The molecule has 0 unspecified atom stereocenters. The number of hydrogen-bond donors (Lipinski definition) is 3. The largest absolute Gasteiger partial charge is 0.354 e. The van der Waals surface area contributed by atoms with Gasteiger partial charge < -0.3 is 11.1 Å². The fourth-order valence-corrected chi connectivity index (χ4v) is 5.10. The molecule has 0 fully saturated rings. The second kappa shape index (κ2) is 9.85. The highest BCUT2D eigenvalue weighted by Gasteiger charge is 2.16. The molecule has 0 radical (unpaired) electrons. The van der Waals surface area contributed by atoms with Gasteiger partial charge >= 0.3 is 0 Å². The monoisotopic (exact) mass is 493 g/mol. The first-order chi connectivity index (χ1) is 16.7. The topological polar surface area (TPSA) is 140 Å². The van der Waals surface area contributed by atoms with Gasteiger partial charge in [0, 0.05) is 34.3 Å². The Labute approximate surface area is 203 Å². The van der Waals surface area contributed by atoms with Crippen LogP contribution in [0.15, 0.2) is 54.6 Å². The average Bonchev–Trinajstić information content (AvgIpc) is 2.82. The molecule has 35 heavy (non-hydrogen) atoms. The number of hydrogen-bond acceptors (Lipinski definition) is 7. The van der Waals surface area contributed by atoms with Crippen LogP contribution in [0.1, 0.15) is 24.0 Å². The minimum absolute atomic E-state index is 0.0180. The van der Waals surface area contributed by atoms with Crippen LogP contribution in [0.2, 0.25) is 0 Å². The van der Waals surface area contributed by atoms with Gasteiger partial charge in [-0.1, -0.05) is 12.1 Å². The van der Waals surface area contributed by atoms with E-state index in [2.05, 4.69) is 10.0 Å². The Kier molecular flexibility index (Phi) is 6.86. The lowest BCUT2D eigenvalue weighted by Crippen LogP contribution is -2.17. The third kappa shape index (κ3) is 5.33. The highest BCUT2D eigenvalue weighted by molar-refractivity contribution is 7.92. The molecule has 0 aliphatic heterocycles. The van der Waals surface area contributed by atoms with E-state index in [0.717, 1.165) is 38.8 Å². The van der Waals surface area contributed by atoms with Crippen molar-refractivity contribution in [2.75, 3.05) is 22.3 Å². The molecular formula is C25H27N5O4S. The van der Waals surface area contributed by atoms with Crippen LogP contribution in [0.4, 0.5) is 22.7 Å². The van der Waals surface area contributed by atoms with Gasteiger partial charge in [-0.3, -0.25) is 14.8 Å². The predicted molar refractivity (Wildman–Crippen MR) is 141 cm³/mol. The summed E-state index contributed by atoms with van der Waals surface area (Å²) >= 11 is 0. The van der Waals surface area contributed by atoms with Gasteiger partial charge in [0.15, 0.2) is 0 Å². The predicted octanol–water partition coefficient (Wildman–Crippen LogP) is 5.14. The van der Waals surface area contributed by atoms with E-state index >= 15 is 0 Å². The Balaban J connectivity index is 1.71. The van der Waals surface area contributed by atoms with Crippen molar-refractivity contribution in [2.45, 2.75) is 26.7 Å². The normalized spacial score (nSPS) is 11.6. The Hall–Kier alpha value is -3.76. The van der Waals surface area contributed by atoms with Crippen molar-refractivity contribution in [2.24, 2.45) is 5.73 Å². The zero-order chi connectivity index (χ0) is 25.2. The summed E-state index contributed by atoms with van der Waals surface area (Å²) in [6.07, 6.45) is 1.16. The molecule has 4 rings (SSSR count). The third-order valence-corrected chi connectivity index (χ3v) is 7.33. The van der Waals surface area contributed by atoms with Crippen LogP contribution >= 0.6 is 0 Å². The number of rotatable bonds is 9. The van der Waals surface area contributed by atoms with E-state index in [1.807, 2.05) is 26.0 Å². The number of nitrogens with one attached hydrogen (secondary N) is 2. The van der Waals surface area contributed by atoms with Crippen LogP contribution in [0.3, 0.4) is 0 Å². The Morgan fingerprint density at radius 1 is 0.971 bits per heavy atom. The summed E-state index contributed by atoms with van der Waals surface area (Å²) in [5, 5.41) is 16.4. The van der Waals surface area contributed by atoms with Crippen molar-refractivity contribution in [1.82, 2.24) is 4.98 Å². The first-order valence-electron chi connectivity index (χ1n) is 11.2. The van der Waals surface area contributed by atoms with Crippen molar-refractivity contribution in [3.05, 3.63) is 75.8 Å². The van der Waals surface area contributed by atoms with Crippen LogP contribution in [-0.4, -0.2) is 30.6 Å². The second-order valence-electron chi connectivity index (χ2n) is 8.47. The minimum atomic E-state index is -3.45. The van der Waals surface area contributed by atoms with Gasteiger partial charge in [0.25, 0.3) is 5.69 Å². The van der Waals surface area contributed by atoms with E-state index in [1.165, 1.54) is 12.1 Å². The number of sulfonamides is 1. The highest BCUT2D eigenvalue weighted by atomic mass is 32.2. The van der Waals surface area contributed by atoms with E-state index in [4.69, 9.17) is 10.7 Å². The molecule has 1 aromatic heterocycles. The summed E-state index contributed by atoms with van der Waals surface area (Å²) < 4.78 is 27.1. The van der Waals surface area contributed by atoms with Crippen LogP contribution < -0.4 is 15.8 Å². The van der Waals surface area contributed by atoms with Crippen molar-refractivity contribution >= 4 is 54.6 Å². The third-order valence-electron chi connectivity index (χ3n) is 5.96. The fraction of sp³-hybridized carbons (Fsp3) is 0.240. The maximum Gasteiger partial charge on any atom is 0.271 e. The number of nitro groups is 1. The van der Waals surface area contributed by atoms with Gasteiger partial charge in [0.2, 0.25) is 10.0 Å². The van der Waals surface area contributed by atoms with Crippen LogP contribution in [0.5, 0.6) is 0 Å². The number of nitrogens with zero attached hydrogens (tertiary/aromatic N) is 2. The summed E-state index contributed by atoms with van der Waals surface area (Å²) in [7, 11) is -3.45. The summed E-state index contributed by atoms with van der Waals surface area (Å²) in [4.78, 5) is 15.6. The molecule has 4 N–H and O–H groups in total. The molecule has 9 nitrogen and oxygen atoms in total. The fourth-order valence-electron chi connectivity index (χ4n) is 3.92. The first kappa shape index (κ1) is 24.4. The second-order valence-corrected chi connectivity index (χ2v) is 10.3. The first-order valence-corrected chi connectivity index (χ1v) is 12.9. The number of benzene rings is 3. The molecule has 1 heterocycles. The standard InChI is InChI=1S/C25H27N5O4S/c1-16-5-11-22-24(17(16)2)28-23-15-20(30(31)32)10-12-21(23)25(22)27-18-6-8-19(9-7-18)29-35(33,34)14-4-3-13-26/h5-12,15,29H,3-4,13-14,26H2,1-2H3,(H,27,28). The van der Waals surface area contributed by atoms with E-state index in [9.17, 15) is 18.5 Å². The van der Waals surface area contributed by atoms with Gasteiger partial charge in [0.1, 0.15) is 0 Å². The van der Waals surface area contributed by atoms with Gasteiger partial charge in [-0.25, -0.2) is 13.4 Å². The molecule has 3 aromatic carbocycles. The van der Waals surface area contributed by atoms with E-state index in [-0.39, 0.29) is 11.4 Å². The number of aryl methyl sites for hydroxylation is 2. The molecule has 0 atom stereocenters. The lowest BCUT2D eigenvalue weighted by molar-refractivity contribution is -0.384. The molecule has 10 heteroatoms. The number of nitro benzene ring substituents is 1. The molecule has 0 bridgehead atoms.